The van der Waals surface area contributed by atoms with E-state index >= 15 is 0 Å². The van der Waals surface area contributed by atoms with Crippen LogP contribution < -0.4 is 19.9 Å². The number of alkyl halides is 3. The van der Waals surface area contributed by atoms with E-state index in [4.69, 9.17) is 4.74 Å². The lowest BCUT2D eigenvalue weighted by Gasteiger charge is -2.36. The Morgan fingerprint density at radius 1 is 0.919 bits per heavy atom. The van der Waals surface area contributed by atoms with E-state index < -0.39 is 5.51 Å². The SMILES string of the molecule is COc1ccc(N2CCN(CCCC(=O)NC3CCN(c4ccc(SC(F)(F)F)cc4)CC3)CC2)cc1. The Morgan fingerprint density at radius 2 is 1.49 bits per heavy atom. The van der Waals surface area contributed by atoms with Crippen LogP contribution in [0, 0.1) is 0 Å². The van der Waals surface area contributed by atoms with Gasteiger partial charge in [0.1, 0.15) is 5.75 Å². The number of amides is 1. The number of anilines is 2. The lowest BCUT2D eigenvalue weighted by Crippen LogP contribution is -2.47. The largest absolute Gasteiger partial charge is 0.497 e. The fraction of sp³-hybridized carbons (Fsp3) is 0.519. The number of rotatable bonds is 9. The topological polar surface area (TPSA) is 48.1 Å². The van der Waals surface area contributed by atoms with Crippen LogP contribution in [-0.4, -0.2) is 75.3 Å². The van der Waals surface area contributed by atoms with Crippen molar-refractivity contribution in [2.24, 2.45) is 0 Å². The number of thioether (sulfide) groups is 1. The zero-order valence-electron chi connectivity index (χ0n) is 21.2. The van der Waals surface area contributed by atoms with Crippen molar-refractivity contribution in [3.63, 3.8) is 0 Å². The van der Waals surface area contributed by atoms with Crippen LogP contribution in [0.1, 0.15) is 25.7 Å². The Bertz CT molecular complexity index is 988. The van der Waals surface area contributed by atoms with Gasteiger partial charge in [-0.3, -0.25) is 9.69 Å². The first kappa shape index (κ1) is 27.4. The van der Waals surface area contributed by atoms with Gasteiger partial charge in [-0.2, -0.15) is 13.2 Å². The minimum Gasteiger partial charge on any atom is -0.497 e. The third-order valence-corrected chi connectivity index (χ3v) is 7.72. The maximum absolute atomic E-state index is 12.5. The fourth-order valence-corrected chi connectivity index (χ4v) is 5.47. The number of nitrogens with zero attached hydrogens (tertiary/aromatic N) is 3. The highest BCUT2D eigenvalue weighted by atomic mass is 32.2. The predicted molar refractivity (Wildman–Crippen MR) is 143 cm³/mol. The highest BCUT2D eigenvalue weighted by molar-refractivity contribution is 8.00. The summed E-state index contributed by atoms with van der Waals surface area (Å²) in [6, 6.07) is 14.8. The maximum Gasteiger partial charge on any atom is 0.446 e. The lowest BCUT2D eigenvalue weighted by atomic mass is 10.0. The molecule has 37 heavy (non-hydrogen) atoms. The molecule has 2 aliphatic heterocycles. The molecule has 0 spiro atoms. The first-order valence-electron chi connectivity index (χ1n) is 12.8. The molecule has 202 valence electrons. The van der Waals surface area contributed by atoms with Gasteiger partial charge in [0.25, 0.3) is 0 Å². The number of benzene rings is 2. The molecule has 10 heteroatoms. The van der Waals surface area contributed by atoms with Crippen molar-refractivity contribution in [3.8, 4) is 5.75 Å². The van der Waals surface area contributed by atoms with Crippen LogP contribution in [0.2, 0.25) is 0 Å². The number of nitrogens with one attached hydrogen (secondary N) is 1. The van der Waals surface area contributed by atoms with Crippen molar-refractivity contribution in [1.82, 2.24) is 10.2 Å². The molecular formula is C27H35F3N4O2S. The third-order valence-electron chi connectivity index (χ3n) is 6.98. The molecule has 0 unspecified atom stereocenters. The molecule has 1 amide bonds. The number of hydrogen-bond donors (Lipinski definition) is 1. The van der Waals surface area contributed by atoms with E-state index in [1.165, 1.54) is 17.8 Å². The van der Waals surface area contributed by atoms with Crippen LogP contribution in [0.3, 0.4) is 0 Å². The maximum atomic E-state index is 12.5. The molecule has 0 atom stereocenters. The number of methoxy groups -OCH3 is 1. The first-order valence-corrected chi connectivity index (χ1v) is 13.6. The second-order valence-corrected chi connectivity index (χ2v) is 10.6. The molecule has 2 aliphatic rings. The second-order valence-electron chi connectivity index (χ2n) is 9.50. The quantitative estimate of drug-likeness (QED) is 0.456. The van der Waals surface area contributed by atoms with Crippen molar-refractivity contribution >= 4 is 29.0 Å². The Labute approximate surface area is 221 Å². The summed E-state index contributed by atoms with van der Waals surface area (Å²) in [4.78, 5) is 19.6. The summed E-state index contributed by atoms with van der Waals surface area (Å²) in [5.41, 5.74) is -2.14. The van der Waals surface area contributed by atoms with E-state index in [2.05, 4.69) is 32.1 Å². The first-order chi connectivity index (χ1) is 17.8. The van der Waals surface area contributed by atoms with Gasteiger partial charge in [0.05, 0.1) is 7.11 Å². The summed E-state index contributed by atoms with van der Waals surface area (Å²) >= 11 is -0.0961. The van der Waals surface area contributed by atoms with Gasteiger partial charge in [-0.15, -0.1) is 0 Å². The van der Waals surface area contributed by atoms with Gasteiger partial charge in [0.2, 0.25) is 5.91 Å². The van der Waals surface area contributed by atoms with E-state index in [1.807, 2.05) is 12.1 Å². The van der Waals surface area contributed by atoms with Gasteiger partial charge in [0.15, 0.2) is 0 Å². The third kappa shape index (κ3) is 8.46. The van der Waals surface area contributed by atoms with E-state index in [9.17, 15) is 18.0 Å². The van der Waals surface area contributed by atoms with Crippen molar-refractivity contribution in [3.05, 3.63) is 48.5 Å². The lowest BCUT2D eigenvalue weighted by molar-refractivity contribution is -0.122. The van der Waals surface area contributed by atoms with Crippen LogP contribution in [0.15, 0.2) is 53.4 Å². The van der Waals surface area contributed by atoms with Crippen LogP contribution >= 0.6 is 11.8 Å². The van der Waals surface area contributed by atoms with Crippen molar-refractivity contribution < 1.29 is 22.7 Å². The molecule has 2 aromatic rings. The molecule has 2 aromatic carbocycles. The summed E-state index contributed by atoms with van der Waals surface area (Å²) in [5, 5.41) is 3.17. The standard InChI is InChI=1S/C27H35F3N4O2S/c1-36-24-8-4-22(5-9-24)34-19-17-32(18-20-34)14-2-3-26(35)31-21-12-15-33(16-13-21)23-6-10-25(11-7-23)37-27(28,29)30/h4-11,21H,2-3,12-20H2,1H3,(H,31,35). The molecule has 2 fully saturated rings. The van der Waals surface area contributed by atoms with Crippen molar-refractivity contribution in [2.75, 3.05) is 62.7 Å². The Kier molecular flexibility index (Phi) is 9.48. The van der Waals surface area contributed by atoms with Gasteiger partial charge in [-0.25, -0.2) is 0 Å². The molecule has 0 radical (unpaired) electrons. The van der Waals surface area contributed by atoms with Gasteiger partial charge in [-0.1, -0.05) is 0 Å². The minimum absolute atomic E-state index is 0.0961. The molecule has 0 aromatic heterocycles. The molecule has 2 saturated heterocycles. The highest BCUT2D eigenvalue weighted by Crippen LogP contribution is 2.37. The number of carbonyl (C=O) groups is 1. The minimum atomic E-state index is -4.27. The smallest absolute Gasteiger partial charge is 0.446 e. The van der Waals surface area contributed by atoms with E-state index in [1.54, 1.807) is 19.2 Å². The molecule has 4 rings (SSSR count). The average Bonchev–Trinajstić information content (AvgIpc) is 2.89. The van der Waals surface area contributed by atoms with Gasteiger partial charge < -0.3 is 19.9 Å². The van der Waals surface area contributed by atoms with E-state index in [-0.39, 0.29) is 28.6 Å². The monoisotopic (exact) mass is 536 g/mol. The molecule has 1 N–H and O–H groups in total. The summed E-state index contributed by atoms with van der Waals surface area (Å²) in [7, 11) is 1.67. The molecule has 0 saturated carbocycles. The Balaban J connectivity index is 1.10. The van der Waals surface area contributed by atoms with Crippen molar-refractivity contribution in [1.29, 1.82) is 0 Å². The van der Waals surface area contributed by atoms with Crippen LogP contribution in [0.25, 0.3) is 0 Å². The summed E-state index contributed by atoms with van der Waals surface area (Å²) in [5.74, 6) is 0.965. The number of ether oxygens (including phenoxy) is 1. The van der Waals surface area contributed by atoms with Crippen molar-refractivity contribution in [2.45, 2.75) is 42.1 Å². The number of piperidine rings is 1. The number of piperazine rings is 1. The van der Waals surface area contributed by atoms with E-state index in [0.29, 0.717) is 6.42 Å². The number of hydrogen-bond acceptors (Lipinski definition) is 6. The summed E-state index contributed by atoms with van der Waals surface area (Å²) in [6.45, 7) is 6.39. The summed E-state index contributed by atoms with van der Waals surface area (Å²) < 4.78 is 42.8. The van der Waals surface area contributed by atoms with Crippen LogP contribution in [-0.2, 0) is 4.79 Å². The normalized spacial score (nSPS) is 17.6. The molecule has 2 heterocycles. The summed E-state index contributed by atoms with van der Waals surface area (Å²) in [6.07, 6.45) is 3.03. The zero-order chi connectivity index (χ0) is 26.3. The zero-order valence-corrected chi connectivity index (χ0v) is 22.0. The second kappa shape index (κ2) is 12.8. The number of carbonyl (C=O) groups excluding carboxylic acids is 1. The average molecular weight is 537 g/mol. The predicted octanol–water partition coefficient (Wildman–Crippen LogP) is 4.99. The Hall–Kier alpha value is -2.59. The van der Waals surface area contributed by atoms with Crippen LogP contribution in [0.4, 0.5) is 24.5 Å². The van der Waals surface area contributed by atoms with E-state index in [0.717, 1.165) is 76.5 Å². The van der Waals surface area contributed by atoms with Crippen LogP contribution in [0.5, 0.6) is 5.75 Å². The fourth-order valence-electron chi connectivity index (χ4n) is 4.93. The molecule has 0 aliphatic carbocycles. The molecular weight excluding hydrogens is 501 g/mol. The molecule has 6 nitrogen and oxygen atoms in total. The highest BCUT2D eigenvalue weighted by Gasteiger charge is 2.29. The van der Waals surface area contributed by atoms with Gasteiger partial charge >= 0.3 is 5.51 Å². The number of halogens is 3. The van der Waals surface area contributed by atoms with Gasteiger partial charge in [-0.05, 0) is 86.1 Å². The van der Waals surface area contributed by atoms with Gasteiger partial charge in [0, 0.05) is 68.0 Å². The molecule has 0 bridgehead atoms. The Morgan fingerprint density at radius 3 is 2.05 bits per heavy atom.